The van der Waals surface area contributed by atoms with Crippen LogP contribution in [0.2, 0.25) is 0 Å². The minimum Gasteiger partial charge on any atom is -0.306 e. The lowest BCUT2D eigenvalue weighted by Crippen LogP contribution is -2.30. The number of nitrogens with zero attached hydrogens (tertiary/aromatic N) is 1. The summed E-state index contributed by atoms with van der Waals surface area (Å²) in [6.45, 7) is 3.80. The molecule has 0 radical (unpaired) electrons. The van der Waals surface area contributed by atoms with Crippen LogP contribution in [0.4, 0.5) is 0 Å². The van der Waals surface area contributed by atoms with Crippen LogP contribution in [0.1, 0.15) is 32.1 Å². The van der Waals surface area contributed by atoms with Gasteiger partial charge in [-0.3, -0.25) is 3.53 Å². The largest absolute Gasteiger partial charge is 0.306 e. The minimum absolute atomic E-state index is 1.02. The van der Waals surface area contributed by atoms with Gasteiger partial charge < -0.3 is 4.90 Å². The standard InChI is InChI=1S/C10H21IN2/c1-13-8-5-10(6-9-13)4-2-3-7-12-11/h10,12H,2-9H2,1H3. The molecule has 3 heteroatoms. The predicted octanol–water partition coefficient (Wildman–Crippen LogP) is 2.44. The Balaban J connectivity index is 1.96. The van der Waals surface area contributed by atoms with E-state index in [9.17, 15) is 0 Å². The molecule has 0 amide bonds. The highest BCUT2D eigenvalue weighted by Gasteiger charge is 2.15. The van der Waals surface area contributed by atoms with E-state index in [0.29, 0.717) is 0 Å². The van der Waals surface area contributed by atoms with E-state index in [1.165, 1.54) is 51.7 Å². The van der Waals surface area contributed by atoms with Crippen LogP contribution in [-0.2, 0) is 0 Å². The van der Waals surface area contributed by atoms with Crippen LogP contribution in [-0.4, -0.2) is 31.6 Å². The SMILES string of the molecule is CN1CCC(CCCCNI)CC1. The highest BCUT2D eigenvalue weighted by molar-refractivity contribution is 14.1. The summed E-state index contributed by atoms with van der Waals surface area (Å²) in [4.78, 5) is 2.45. The third kappa shape index (κ3) is 5.18. The van der Waals surface area contributed by atoms with Crippen molar-refractivity contribution in [2.24, 2.45) is 5.92 Å². The van der Waals surface area contributed by atoms with Crippen LogP contribution < -0.4 is 3.53 Å². The van der Waals surface area contributed by atoms with Gasteiger partial charge >= 0.3 is 0 Å². The second kappa shape index (κ2) is 7.01. The number of piperidine rings is 1. The Kier molecular flexibility index (Phi) is 6.32. The van der Waals surface area contributed by atoms with Crippen LogP contribution in [0.5, 0.6) is 0 Å². The van der Waals surface area contributed by atoms with Gasteiger partial charge in [-0.25, -0.2) is 0 Å². The first-order valence-electron chi connectivity index (χ1n) is 5.35. The van der Waals surface area contributed by atoms with Crippen molar-refractivity contribution in [3.05, 3.63) is 0 Å². The van der Waals surface area contributed by atoms with Gasteiger partial charge in [-0.15, -0.1) is 0 Å². The van der Waals surface area contributed by atoms with E-state index in [0.717, 1.165) is 5.92 Å². The molecule has 0 aromatic rings. The van der Waals surface area contributed by atoms with Crippen molar-refractivity contribution >= 4 is 22.9 Å². The van der Waals surface area contributed by atoms with Gasteiger partial charge in [0.05, 0.1) is 0 Å². The first-order chi connectivity index (χ1) is 6.33. The van der Waals surface area contributed by atoms with Gasteiger partial charge in [-0.2, -0.15) is 0 Å². The van der Waals surface area contributed by atoms with Crippen molar-refractivity contribution < 1.29 is 0 Å². The molecule has 1 rings (SSSR count). The Morgan fingerprint density at radius 3 is 2.62 bits per heavy atom. The van der Waals surface area contributed by atoms with Crippen molar-refractivity contribution in [2.75, 3.05) is 26.7 Å². The number of nitrogens with one attached hydrogen (secondary N) is 1. The highest BCUT2D eigenvalue weighted by atomic mass is 127. The zero-order valence-corrected chi connectivity index (χ0v) is 10.7. The molecule has 0 aliphatic carbocycles. The van der Waals surface area contributed by atoms with Crippen molar-refractivity contribution in [2.45, 2.75) is 32.1 Å². The molecule has 78 valence electrons. The topological polar surface area (TPSA) is 15.3 Å². The smallest absolute Gasteiger partial charge is 0.0169 e. The Bertz CT molecular complexity index is 122. The number of rotatable bonds is 5. The fourth-order valence-electron chi connectivity index (χ4n) is 1.98. The zero-order valence-electron chi connectivity index (χ0n) is 8.56. The molecule has 0 unspecified atom stereocenters. The Hall–Kier alpha value is 0.650. The van der Waals surface area contributed by atoms with E-state index in [1.807, 2.05) is 0 Å². The predicted molar refractivity (Wildman–Crippen MR) is 66.1 cm³/mol. The molecule has 1 aliphatic rings. The van der Waals surface area contributed by atoms with E-state index in [2.05, 4.69) is 38.3 Å². The fraction of sp³-hybridized carbons (Fsp3) is 1.00. The van der Waals surface area contributed by atoms with E-state index >= 15 is 0 Å². The second-order valence-corrected chi connectivity index (χ2v) is 4.89. The van der Waals surface area contributed by atoms with E-state index in [4.69, 9.17) is 0 Å². The number of hydrogen-bond donors (Lipinski definition) is 1. The monoisotopic (exact) mass is 296 g/mol. The molecular weight excluding hydrogens is 275 g/mol. The van der Waals surface area contributed by atoms with Crippen molar-refractivity contribution in [1.29, 1.82) is 0 Å². The zero-order chi connectivity index (χ0) is 9.52. The molecule has 0 saturated carbocycles. The average Bonchev–Trinajstić information content (AvgIpc) is 2.15. The lowest BCUT2D eigenvalue weighted by molar-refractivity contribution is 0.210. The molecule has 0 bridgehead atoms. The van der Waals surface area contributed by atoms with E-state index in [1.54, 1.807) is 0 Å². The summed E-state index contributed by atoms with van der Waals surface area (Å²) in [6.07, 6.45) is 7.05. The lowest BCUT2D eigenvalue weighted by Gasteiger charge is -2.28. The van der Waals surface area contributed by atoms with Crippen LogP contribution in [0.15, 0.2) is 0 Å². The van der Waals surface area contributed by atoms with Gasteiger partial charge in [0.2, 0.25) is 0 Å². The molecule has 13 heavy (non-hydrogen) atoms. The summed E-state index contributed by atoms with van der Waals surface area (Å²) >= 11 is 2.23. The maximum absolute atomic E-state index is 3.17. The number of likely N-dealkylation sites (tertiary alicyclic amines) is 1. The van der Waals surface area contributed by atoms with Gasteiger partial charge in [-0.05, 0) is 45.3 Å². The maximum atomic E-state index is 3.17. The molecular formula is C10H21IN2. The molecule has 2 nitrogen and oxygen atoms in total. The van der Waals surface area contributed by atoms with Gasteiger partial charge in [0.15, 0.2) is 0 Å². The Morgan fingerprint density at radius 1 is 1.31 bits per heavy atom. The third-order valence-electron chi connectivity index (χ3n) is 2.97. The highest BCUT2D eigenvalue weighted by Crippen LogP contribution is 2.21. The quantitative estimate of drug-likeness (QED) is 0.476. The van der Waals surface area contributed by atoms with Crippen LogP contribution in [0, 0.1) is 5.92 Å². The summed E-state index contributed by atoms with van der Waals surface area (Å²) in [5.41, 5.74) is 0. The summed E-state index contributed by atoms with van der Waals surface area (Å²) in [5.74, 6) is 1.02. The van der Waals surface area contributed by atoms with Crippen LogP contribution in [0.25, 0.3) is 0 Å². The molecule has 1 aliphatic heterocycles. The first kappa shape index (κ1) is 11.7. The number of hydrogen-bond acceptors (Lipinski definition) is 2. The molecule has 1 heterocycles. The number of unbranched alkanes of at least 4 members (excludes halogenated alkanes) is 1. The van der Waals surface area contributed by atoms with Crippen LogP contribution in [0.3, 0.4) is 0 Å². The van der Waals surface area contributed by atoms with Crippen LogP contribution >= 0.6 is 22.9 Å². The summed E-state index contributed by atoms with van der Waals surface area (Å²) in [6, 6.07) is 0. The minimum atomic E-state index is 1.02. The summed E-state index contributed by atoms with van der Waals surface area (Å²) < 4.78 is 3.17. The van der Waals surface area contributed by atoms with Gasteiger partial charge in [0.1, 0.15) is 0 Å². The molecule has 0 aromatic carbocycles. The molecule has 1 saturated heterocycles. The summed E-state index contributed by atoms with van der Waals surface area (Å²) in [5, 5.41) is 0. The maximum Gasteiger partial charge on any atom is 0.0169 e. The van der Waals surface area contributed by atoms with Gasteiger partial charge in [-0.1, -0.05) is 12.8 Å². The third-order valence-corrected chi connectivity index (χ3v) is 3.51. The number of halogens is 1. The molecule has 1 N–H and O–H groups in total. The fourth-order valence-corrected chi connectivity index (χ4v) is 2.36. The molecule has 0 atom stereocenters. The van der Waals surface area contributed by atoms with Gasteiger partial charge in [0.25, 0.3) is 0 Å². The molecule has 0 spiro atoms. The summed E-state index contributed by atoms with van der Waals surface area (Å²) in [7, 11) is 2.23. The lowest BCUT2D eigenvalue weighted by atomic mass is 9.92. The molecule has 0 aromatic heterocycles. The first-order valence-corrected chi connectivity index (χ1v) is 6.43. The van der Waals surface area contributed by atoms with Crippen molar-refractivity contribution in [1.82, 2.24) is 8.43 Å². The molecule has 1 fully saturated rings. The van der Waals surface area contributed by atoms with Gasteiger partial charge in [0, 0.05) is 29.4 Å². The Morgan fingerprint density at radius 2 is 2.00 bits per heavy atom. The van der Waals surface area contributed by atoms with Crippen molar-refractivity contribution in [3.8, 4) is 0 Å². The van der Waals surface area contributed by atoms with Crippen molar-refractivity contribution in [3.63, 3.8) is 0 Å². The van der Waals surface area contributed by atoms with E-state index < -0.39 is 0 Å². The normalized spacial score (nSPS) is 20.8. The van der Waals surface area contributed by atoms with E-state index in [-0.39, 0.29) is 0 Å². The average molecular weight is 296 g/mol. The Labute approximate surface area is 95.9 Å². The second-order valence-electron chi connectivity index (χ2n) is 4.13.